The Labute approximate surface area is 167 Å². The van der Waals surface area contributed by atoms with Gasteiger partial charge in [0.2, 0.25) is 5.91 Å². The Morgan fingerprint density at radius 3 is 2.75 bits per heavy atom. The Kier molecular flexibility index (Phi) is 5.91. The fourth-order valence-electron chi connectivity index (χ4n) is 4.01. The van der Waals surface area contributed by atoms with Gasteiger partial charge in [0.05, 0.1) is 23.7 Å². The second kappa shape index (κ2) is 8.20. The van der Waals surface area contributed by atoms with Gasteiger partial charge in [-0.25, -0.2) is 0 Å². The van der Waals surface area contributed by atoms with Crippen LogP contribution in [0.1, 0.15) is 57.6 Å². The minimum atomic E-state index is -0.280. The number of hydrogen-bond acceptors (Lipinski definition) is 5. The van der Waals surface area contributed by atoms with Gasteiger partial charge in [-0.1, -0.05) is 20.8 Å². The summed E-state index contributed by atoms with van der Waals surface area (Å²) >= 11 is 0. The van der Waals surface area contributed by atoms with Crippen LogP contribution in [0.15, 0.2) is 18.2 Å². The molecule has 0 bridgehead atoms. The Morgan fingerprint density at radius 2 is 2.07 bits per heavy atom. The molecule has 1 amide bonds. The molecule has 0 radical (unpaired) electrons. The predicted octanol–water partition coefficient (Wildman–Crippen LogP) is 2.87. The molecule has 1 N–H and O–H groups in total. The molecule has 6 heteroatoms. The first kappa shape index (κ1) is 20.2. The van der Waals surface area contributed by atoms with Gasteiger partial charge in [0.1, 0.15) is 18.4 Å². The van der Waals surface area contributed by atoms with Crippen LogP contribution < -0.4 is 10.1 Å². The minimum Gasteiger partial charge on any atom is -0.492 e. The van der Waals surface area contributed by atoms with Crippen LogP contribution in [0, 0.1) is 22.7 Å². The molecule has 3 rings (SSSR count). The van der Waals surface area contributed by atoms with Crippen molar-refractivity contribution in [2.24, 2.45) is 0 Å². The van der Waals surface area contributed by atoms with Gasteiger partial charge in [-0.05, 0) is 49.3 Å². The predicted molar refractivity (Wildman–Crippen MR) is 106 cm³/mol. The third-order valence-corrected chi connectivity index (χ3v) is 5.58. The van der Waals surface area contributed by atoms with Gasteiger partial charge in [0.15, 0.2) is 0 Å². The second-order valence-corrected chi connectivity index (χ2v) is 8.70. The quantitative estimate of drug-likeness (QED) is 0.867. The van der Waals surface area contributed by atoms with E-state index in [2.05, 4.69) is 38.2 Å². The SMILES string of the molecule is CC(C)(C)c1cc(C#N)ccc1OC[C@H]1CC[C@@H](C(=O)N2CCCC2C#N)N1. The molecule has 6 nitrogen and oxygen atoms in total. The zero-order valence-corrected chi connectivity index (χ0v) is 16.9. The molecular weight excluding hydrogens is 352 g/mol. The van der Waals surface area contributed by atoms with Crippen molar-refractivity contribution < 1.29 is 9.53 Å². The van der Waals surface area contributed by atoms with Crippen LogP contribution in [0.5, 0.6) is 5.75 Å². The fraction of sp³-hybridized carbons (Fsp3) is 0.591. The lowest BCUT2D eigenvalue weighted by molar-refractivity contribution is -0.133. The molecule has 0 spiro atoms. The first-order valence-electron chi connectivity index (χ1n) is 9.97. The summed E-state index contributed by atoms with van der Waals surface area (Å²) in [6, 6.07) is 9.53. The van der Waals surface area contributed by atoms with Crippen molar-refractivity contribution in [1.82, 2.24) is 10.2 Å². The van der Waals surface area contributed by atoms with E-state index in [1.807, 2.05) is 12.1 Å². The number of nitriles is 2. The van der Waals surface area contributed by atoms with Crippen LogP contribution in [0.2, 0.25) is 0 Å². The summed E-state index contributed by atoms with van der Waals surface area (Å²) in [6.07, 6.45) is 3.30. The number of amides is 1. The van der Waals surface area contributed by atoms with E-state index < -0.39 is 0 Å². The van der Waals surface area contributed by atoms with Gasteiger partial charge in [-0.15, -0.1) is 0 Å². The lowest BCUT2D eigenvalue weighted by Gasteiger charge is -2.25. The maximum atomic E-state index is 12.7. The number of ether oxygens (including phenoxy) is 1. The maximum absolute atomic E-state index is 12.7. The van der Waals surface area contributed by atoms with Crippen molar-refractivity contribution in [3.63, 3.8) is 0 Å². The number of benzene rings is 1. The fourth-order valence-corrected chi connectivity index (χ4v) is 4.01. The molecule has 0 aliphatic carbocycles. The topological polar surface area (TPSA) is 89.2 Å². The van der Waals surface area contributed by atoms with Gasteiger partial charge in [0, 0.05) is 18.2 Å². The highest BCUT2D eigenvalue weighted by Gasteiger charge is 2.37. The third kappa shape index (κ3) is 4.29. The monoisotopic (exact) mass is 380 g/mol. The van der Waals surface area contributed by atoms with Crippen molar-refractivity contribution in [3.05, 3.63) is 29.3 Å². The molecule has 2 heterocycles. The highest BCUT2D eigenvalue weighted by Crippen LogP contribution is 2.32. The Morgan fingerprint density at radius 1 is 1.29 bits per heavy atom. The van der Waals surface area contributed by atoms with E-state index in [4.69, 9.17) is 4.74 Å². The first-order valence-corrected chi connectivity index (χ1v) is 9.97. The molecule has 2 aliphatic heterocycles. The normalized spacial score (nSPS) is 24.6. The van der Waals surface area contributed by atoms with Crippen molar-refractivity contribution >= 4 is 5.91 Å². The third-order valence-electron chi connectivity index (χ3n) is 5.58. The molecule has 28 heavy (non-hydrogen) atoms. The molecule has 148 valence electrons. The second-order valence-electron chi connectivity index (χ2n) is 8.70. The lowest BCUT2D eigenvalue weighted by Crippen LogP contribution is -2.47. The molecule has 1 aromatic carbocycles. The minimum absolute atomic E-state index is 0.0419. The Balaban J connectivity index is 1.61. The van der Waals surface area contributed by atoms with E-state index in [0.29, 0.717) is 18.7 Å². The lowest BCUT2D eigenvalue weighted by atomic mass is 9.85. The smallest absolute Gasteiger partial charge is 0.240 e. The molecule has 0 aromatic heterocycles. The van der Waals surface area contributed by atoms with Gasteiger partial charge in [-0.2, -0.15) is 10.5 Å². The van der Waals surface area contributed by atoms with E-state index in [-0.39, 0.29) is 29.4 Å². The van der Waals surface area contributed by atoms with E-state index in [0.717, 1.165) is 37.0 Å². The number of nitrogens with zero attached hydrogens (tertiary/aromatic N) is 3. The summed E-state index contributed by atoms with van der Waals surface area (Å²) in [4.78, 5) is 14.5. The molecule has 1 aromatic rings. The number of carbonyl (C=O) groups excluding carboxylic acids is 1. The zero-order chi connectivity index (χ0) is 20.3. The molecular formula is C22H28N4O2. The van der Waals surface area contributed by atoms with Crippen molar-refractivity contribution in [3.8, 4) is 17.9 Å². The number of carbonyl (C=O) groups is 1. The molecule has 0 saturated carbocycles. The Hall–Kier alpha value is -2.57. The summed E-state index contributed by atoms with van der Waals surface area (Å²) in [5.41, 5.74) is 1.50. The van der Waals surface area contributed by atoms with Crippen molar-refractivity contribution in [2.45, 2.75) is 70.0 Å². The molecule has 1 unspecified atom stereocenters. The highest BCUT2D eigenvalue weighted by atomic mass is 16.5. The van der Waals surface area contributed by atoms with Gasteiger partial charge in [-0.3, -0.25) is 10.1 Å². The molecule has 2 saturated heterocycles. The van der Waals surface area contributed by atoms with E-state index in [1.165, 1.54) is 0 Å². The van der Waals surface area contributed by atoms with Gasteiger partial charge < -0.3 is 9.64 Å². The van der Waals surface area contributed by atoms with Crippen LogP contribution in [0.3, 0.4) is 0 Å². The highest BCUT2D eigenvalue weighted by molar-refractivity contribution is 5.83. The molecule has 2 aliphatic rings. The van der Waals surface area contributed by atoms with Crippen LogP contribution in [-0.4, -0.2) is 42.1 Å². The number of hydrogen-bond donors (Lipinski definition) is 1. The number of rotatable bonds is 4. The largest absolute Gasteiger partial charge is 0.492 e. The van der Waals surface area contributed by atoms with Crippen LogP contribution in [0.25, 0.3) is 0 Å². The standard InChI is InChI=1S/C22H28N4O2/c1-22(2,3)18-11-15(12-23)6-9-20(18)28-14-16-7-8-19(25-16)21(27)26-10-4-5-17(26)13-24/h6,9,11,16-17,19,25H,4-5,7-8,10,14H2,1-3H3/t16-,17?,19+/m1/s1. The number of nitrogens with one attached hydrogen (secondary N) is 1. The molecule has 3 atom stereocenters. The average Bonchev–Trinajstić information content (AvgIpc) is 3.34. The van der Waals surface area contributed by atoms with E-state index in [9.17, 15) is 15.3 Å². The Bertz CT molecular complexity index is 815. The van der Waals surface area contributed by atoms with E-state index >= 15 is 0 Å². The van der Waals surface area contributed by atoms with Crippen LogP contribution in [0.4, 0.5) is 0 Å². The summed E-state index contributed by atoms with van der Waals surface area (Å²) in [6.45, 7) is 7.44. The summed E-state index contributed by atoms with van der Waals surface area (Å²) < 4.78 is 6.09. The average molecular weight is 380 g/mol. The van der Waals surface area contributed by atoms with Crippen molar-refractivity contribution in [2.75, 3.05) is 13.2 Å². The van der Waals surface area contributed by atoms with Gasteiger partial charge >= 0.3 is 0 Å². The maximum Gasteiger partial charge on any atom is 0.240 e. The zero-order valence-electron chi connectivity index (χ0n) is 16.9. The number of likely N-dealkylation sites (tertiary alicyclic amines) is 1. The summed E-state index contributed by atoms with van der Waals surface area (Å²) in [5, 5.41) is 21.8. The summed E-state index contributed by atoms with van der Waals surface area (Å²) in [7, 11) is 0. The van der Waals surface area contributed by atoms with Crippen molar-refractivity contribution in [1.29, 1.82) is 10.5 Å². The first-order chi connectivity index (χ1) is 13.3. The van der Waals surface area contributed by atoms with E-state index in [1.54, 1.807) is 11.0 Å². The van der Waals surface area contributed by atoms with Crippen LogP contribution >= 0.6 is 0 Å². The summed E-state index contributed by atoms with van der Waals surface area (Å²) in [5.74, 6) is 0.826. The van der Waals surface area contributed by atoms with Gasteiger partial charge in [0.25, 0.3) is 0 Å². The van der Waals surface area contributed by atoms with Crippen LogP contribution in [-0.2, 0) is 10.2 Å². The molecule has 2 fully saturated rings.